The Labute approximate surface area is 141 Å². The van der Waals surface area contributed by atoms with Gasteiger partial charge in [0.1, 0.15) is 12.1 Å². The SMILES string of the molecule is CCCCC(NC(=O)c1ccc2c(c1)NC(=O)C(C)N2C)C(=O)O. The van der Waals surface area contributed by atoms with Crippen LogP contribution >= 0.6 is 0 Å². The first-order valence-corrected chi connectivity index (χ1v) is 8.06. The molecule has 0 radical (unpaired) electrons. The van der Waals surface area contributed by atoms with Crippen molar-refractivity contribution in [3.05, 3.63) is 23.8 Å². The van der Waals surface area contributed by atoms with Crippen molar-refractivity contribution in [3.63, 3.8) is 0 Å². The van der Waals surface area contributed by atoms with Crippen LogP contribution in [0.1, 0.15) is 43.5 Å². The van der Waals surface area contributed by atoms with Crippen LogP contribution in [-0.4, -0.2) is 42.0 Å². The summed E-state index contributed by atoms with van der Waals surface area (Å²) in [5, 5.41) is 14.5. The van der Waals surface area contributed by atoms with Gasteiger partial charge in [-0.3, -0.25) is 9.59 Å². The van der Waals surface area contributed by atoms with Crippen LogP contribution in [0.5, 0.6) is 0 Å². The maximum Gasteiger partial charge on any atom is 0.326 e. The predicted octanol–water partition coefficient (Wildman–Crippen LogP) is 1.84. The normalized spacial score (nSPS) is 17.7. The van der Waals surface area contributed by atoms with E-state index in [-0.39, 0.29) is 11.9 Å². The average molecular weight is 333 g/mol. The number of aliphatic carboxylic acids is 1. The second kappa shape index (κ2) is 7.33. The number of nitrogens with zero attached hydrogens (tertiary/aromatic N) is 1. The molecule has 2 unspecified atom stereocenters. The molecule has 1 aliphatic rings. The first-order chi connectivity index (χ1) is 11.3. The van der Waals surface area contributed by atoms with E-state index >= 15 is 0 Å². The highest BCUT2D eigenvalue weighted by atomic mass is 16.4. The highest BCUT2D eigenvalue weighted by Gasteiger charge is 2.28. The lowest BCUT2D eigenvalue weighted by molar-refractivity contribution is -0.139. The number of carbonyl (C=O) groups is 3. The number of unbranched alkanes of at least 4 members (excludes halogenated alkanes) is 1. The monoisotopic (exact) mass is 333 g/mol. The molecule has 0 saturated heterocycles. The second-order valence-electron chi connectivity index (χ2n) is 6.01. The Morgan fingerprint density at radius 1 is 1.42 bits per heavy atom. The van der Waals surface area contributed by atoms with E-state index in [1.165, 1.54) is 0 Å². The van der Waals surface area contributed by atoms with Gasteiger partial charge in [-0.15, -0.1) is 0 Å². The zero-order chi connectivity index (χ0) is 17.9. The standard InChI is InChI=1S/C17H23N3O4/c1-4-5-6-12(17(23)24)18-16(22)11-7-8-14-13(9-11)19-15(21)10(2)20(14)3/h7-10,12H,4-6H2,1-3H3,(H,18,22)(H,19,21)(H,23,24). The van der Waals surface area contributed by atoms with Gasteiger partial charge in [-0.05, 0) is 31.5 Å². The Hall–Kier alpha value is -2.57. The minimum Gasteiger partial charge on any atom is -0.480 e. The lowest BCUT2D eigenvalue weighted by Gasteiger charge is -2.33. The number of rotatable bonds is 6. The van der Waals surface area contributed by atoms with E-state index in [0.29, 0.717) is 17.7 Å². The van der Waals surface area contributed by atoms with Crippen molar-refractivity contribution < 1.29 is 19.5 Å². The number of carbonyl (C=O) groups excluding carboxylic acids is 2. The van der Waals surface area contributed by atoms with E-state index in [1.54, 1.807) is 25.1 Å². The number of hydrogen-bond donors (Lipinski definition) is 3. The molecule has 1 aromatic carbocycles. The first kappa shape index (κ1) is 17.8. The molecule has 3 N–H and O–H groups in total. The van der Waals surface area contributed by atoms with Crippen molar-refractivity contribution in [1.82, 2.24) is 5.32 Å². The zero-order valence-electron chi connectivity index (χ0n) is 14.1. The average Bonchev–Trinajstić information content (AvgIpc) is 2.55. The third-order valence-electron chi connectivity index (χ3n) is 4.31. The largest absolute Gasteiger partial charge is 0.480 e. The Kier molecular flexibility index (Phi) is 5.43. The zero-order valence-corrected chi connectivity index (χ0v) is 14.1. The van der Waals surface area contributed by atoms with Gasteiger partial charge in [0.25, 0.3) is 5.91 Å². The topological polar surface area (TPSA) is 98.7 Å². The van der Waals surface area contributed by atoms with Crippen LogP contribution in [0.3, 0.4) is 0 Å². The molecule has 7 heteroatoms. The van der Waals surface area contributed by atoms with Crippen molar-refractivity contribution in [2.75, 3.05) is 17.3 Å². The van der Waals surface area contributed by atoms with E-state index in [9.17, 15) is 19.5 Å². The molecule has 1 aliphatic heterocycles. The lowest BCUT2D eigenvalue weighted by Crippen LogP contribution is -2.44. The third kappa shape index (κ3) is 3.67. The summed E-state index contributed by atoms with van der Waals surface area (Å²) in [7, 11) is 1.81. The van der Waals surface area contributed by atoms with Crippen molar-refractivity contribution in [2.24, 2.45) is 0 Å². The van der Waals surface area contributed by atoms with Crippen LogP contribution in [0.15, 0.2) is 18.2 Å². The molecule has 130 valence electrons. The summed E-state index contributed by atoms with van der Waals surface area (Å²) in [6.45, 7) is 3.76. The second-order valence-corrected chi connectivity index (χ2v) is 6.01. The molecule has 0 saturated carbocycles. The number of nitrogens with one attached hydrogen (secondary N) is 2. The van der Waals surface area contributed by atoms with Crippen LogP contribution in [0.4, 0.5) is 11.4 Å². The lowest BCUT2D eigenvalue weighted by atomic mass is 10.1. The number of amides is 2. The molecule has 0 bridgehead atoms. The number of benzene rings is 1. The molecule has 0 aliphatic carbocycles. The Morgan fingerprint density at radius 2 is 2.12 bits per heavy atom. The maximum atomic E-state index is 12.3. The Bertz CT molecular complexity index is 659. The van der Waals surface area contributed by atoms with Crippen LogP contribution in [0.25, 0.3) is 0 Å². The number of likely N-dealkylation sites (N-methyl/N-ethyl adjacent to an activating group) is 1. The predicted molar refractivity (Wildman–Crippen MR) is 91.4 cm³/mol. The smallest absolute Gasteiger partial charge is 0.326 e. The van der Waals surface area contributed by atoms with Crippen molar-refractivity contribution in [1.29, 1.82) is 0 Å². The van der Waals surface area contributed by atoms with Gasteiger partial charge >= 0.3 is 5.97 Å². The molecule has 2 atom stereocenters. The molecule has 2 amide bonds. The number of fused-ring (bicyclic) bond motifs is 1. The van der Waals surface area contributed by atoms with Crippen LogP contribution < -0.4 is 15.5 Å². The molecular formula is C17H23N3O4. The molecule has 0 aromatic heterocycles. The fourth-order valence-corrected chi connectivity index (χ4v) is 2.61. The molecule has 0 spiro atoms. The van der Waals surface area contributed by atoms with E-state index < -0.39 is 17.9 Å². The summed E-state index contributed by atoms with van der Waals surface area (Å²) < 4.78 is 0. The fourth-order valence-electron chi connectivity index (χ4n) is 2.61. The molecule has 2 rings (SSSR count). The Morgan fingerprint density at radius 3 is 2.75 bits per heavy atom. The van der Waals surface area contributed by atoms with Crippen molar-refractivity contribution in [3.8, 4) is 0 Å². The number of carboxylic acids is 1. The quantitative estimate of drug-likeness (QED) is 0.738. The van der Waals surface area contributed by atoms with E-state index in [0.717, 1.165) is 18.5 Å². The van der Waals surface area contributed by atoms with Gasteiger partial charge < -0.3 is 20.6 Å². The van der Waals surface area contributed by atoms with Crippen LogP contribution in [0.2, 0.25) is 0 Å². The molecule has 1 aromatic rings. The molecule has 7 nitrogen and oxygen atoms in total. The summed E-state index contributed by atoms with van der Waals surface area (Å²) in [6.07, 6.45) is 1.97. The molecule has 24 heavy (non-hydrogen) atoms. The maximum absolute atomic E-state index is 12.3. The molecular weight excluding hydrogens is 310 g/mol. The minimum atomic E-state index is -1.04. The molecule has 0 fully saturated rings. The summed E-state index contributed by atoms with van der Waals surface area (Å²) in [6, 6.07) is 3.76. The number of hydrogen-bond acceptors (Lipinski definition) is 4. The first-order valence-electron chi connectivity index (χ1n) is 8.06. The number of anilines is 2. The van der Waals surface area contributed by atoms with Gasteiger partial charge in [0.05, 0.1) is 11.4 Å². The van der Waals surface area contributed by atoms with E-state index in [4.69, 9.17) is 0 Å². The Balaban J connectivity index is 2.18. The minimum absolute atomic E-state index is 0.145. The van der Waals surface area contributed by atoms with Crippen molar-refractivity contribution in [2.45, 2.75) is 45.2 Å². The third-order valence-corrected chi connectivity index (χ3v) is 4.31. The summed E-state index contributed by atoms with van der Waals surface area (Å²) in [4.78, 5) is 37.3. The highest BCUT2D eigenvalue weighted by Crippen LogP contribution is 2.31. The fraction of sp³-hybridized carbons (Fsp3) is 0.471. The van der Waals surface area contributed by atoms with E-state index in [1.807, 2.05) is 18.9 Å². The molecule has 1 heterocycles. The van der Waals surface area contributed by atoms with Crippen molar-refractivity contribution >= 4 is 29.2 Å². The summed E-state index contributed by atoms with van der Waals surface area (Å²) >= 11 is 0. The summed E-state index contributed by atoms with van der Waals surface area (Å²) in [5.41, 5.74) is 1.69. The van der Waals surface area contributed by atoms with Gasteiger partial charge in [0.15, 0.2) is 0 Å². The van der Waals surface area contributed by atoms with Gasteiger partial charge in [0, 0.05) is 12.6 Å². The summed E-state index contributed by atoms with van der Waals surface area (Å²) in [5.74, 6) is -1.65. The van der Waals surface area contributed by atoms with Crippen LogP contribution in [-0.2, 0) is 9.59 Å². The van der Waals surface area contributed by atoms with Gasteiger partial charge in [0.2, 0.25) is 5.91 Å². The number of carboxylic acid groups (broad SMARTS) is 1. The van der Waals surface area contributed by atoms with E-state index in [2.05, 4.69) is 10.6 Å². The van der Waals surface area contributed by atoms with Gasteiger partial charge in [-0.25, -0.2) is 4.79 Å². The van der Waals surface area contributed by atoms with Gasteiger partial charge in [-0.2, -0.15) is 0 Å². The van der Waals surface area contributed by atoms with Gasteiger partial charge in [-0.1, -0.05) is 19.8 Å². The van der Waals surface area contributed by atoms with Crippen LogP contribution in [0, 0.1) is 0 Å². The highest BCUT2D eigenvalue weighted by molar-refractivity contribution is 6.05.